The number of hydrogen-bond acceptors (Lipinski definition) is 5. The number of halogens is 1. The number of rotatable bonds is 4. The lowest BCUT2D eigenvalue weighted by Gasteiger charge is -2.11. The van der Waals surface area contributed by atoms with Crippen LogP contribution in [-0.4, -0.2) is 35.2 Å². The third kappa shape index (κ3) is 4.05. The van der Waals surface area contributed by atoms with Crippen LogP contribution in [0.25, 0.3) is 55.1 Å². The fraction of sp³-hybridized carbons (Fsp3) is 0.0357. The van der Waals surface area contributed by atoms with E-state index < -0.39 is 10.1 Å². The predicted molar refractivity (Wildman–Crippen MR) is 147 cm³/mol. The van der Waals surface area contributed by atoms with Gasteiger partial charge in [-0.2, -0.15) is 8.42 Å². The van der Waals surface area contributed by atoms with Crippen LogP contribution in [0.15, 0.2) is 89.8 Å². The normalized spacial score (nSPS) is 11.6. The summed E-state index contributed by atoms with van der Waals surface area (Å²) in [7, 11) is -2.97. The molecule has 0 saturated heterocycles. The van der Waals surface area contributed by atoms with Crippen LogP contribution < -0.4 is 4.74 Å². The first kappa shape index (κ1) is 24.6. The first-order valence-corrected chi connectivity index (χ1v) is 12.6. The van der Waals surface area contributed by atoms with Crippen molar-refractivity contribution in [1.82, 2.24) is 9.97 Å². The summed E-state index contributed by atoms with van der Waals surface area (Å²) in [6, 6.07) is 25.9. The summed E-state index contributed by atoms with van der Waals surface area (Å²) in [6.07, 6.45) is 0. The highest BCUT2D eigenvalue weighted by Crippen LogP contribution is 2.39. The van der Waals surface area contributed by atoms with E-state index in [1.165, 1.54) is 24.3 Å². The topological polar surface area (TPSA) is 113 Å². The minimum absolute atomic E-state index is 0. The van der Waals surface area contributed by atoms with Crippen LogP contribution in [0, 0.1) is 0 Å². The molecule has 7 nitrogen and oxygen atoms in total. The van der Waals surface area contributed by atoms with Crippen LogP contribution in [0.4, 0.5) is 0 Å². The molecule has 1 heterocycles. The number of nitrogens with one attached hydrogen (secondary N) is 1. The van der Waals surface area contributed by atoms with Gasteiger partial charge in [-0.15, -0.1) is 12.4 Å². The predicted octanol–water partition coefficient (Wildman–Crippen LogP) is 6.59. The van der Waals surface area contributed by atoms with Crippen LogP contribution in [0.2, 0.25) is 0 Å². The number of hydrogen-bond donors (Lipinski definition) is 3. The van der Waals surface area contributed by atoms with Crippen molar-refractivity contribution in [2.45, 2.75) is 4.90 Å². The maximum atomic E-state index is 12.1. The van der Waals surface area contributed by atoms with Gasteiger partial charge in [0.2, 0.25) is 0 Å². The Morgan fingerprint density at radius 3 is 2.38 bits per heavy atom. The maximum Gasteiger partial charge on any atom is 0.295 e. The Hall–Kier alpha value is -4.11. The van der Waals surface area contributed by atoms with Gasteiger partial charge in [-0.25, -0.2) is 4.98 Å². The molecule has 0 saturated carbocycles. The van der Waals surface area contributed by atoms with Gasteiger partial charge in [0.15, 0.2) is 0 Å². The highest BCUT2D eigenvalue weighted by Gasteiger charge is 2.22. The van der Waals surface area contributed by atoms with Gasteiger partial charge in [-0.05, 0) is 46.2 Å². The lowest BCUT2D eigenvalue weighted by atomic mass is 9.97. The molecule has 0 amide bonds. The molecule has 0 bridgehead atoms. The maximum absolute atomic E-state index is 12.1. The van der Waals surface area contributed by atoms with E-state index >= 15 is 0 Å². The summed E-state index contributed by atoms with van der Waals surface area (Å²) in [4.78, 5) is 7.50. The number of phenolic OH excluding ortho intramolecular Hbond substituents is 1. The smallest absolute Gasteiger partial charge is 0.295 e. The molecule has 1 aromatic heterocycles. The first-order valence-electron chi connectivity index (χ1n) is 11.1. The quantitative estimate of drug-likeness (QED) is 0.221. The average Bonchev–Trinajstić information content (AvgIpc) is 3.31. The Morgan fingerprint density at radius 1 is 0.865 bits per heavy atom. The molecule has 0 atom stereocenters. The zero-order valence-corrected chi connectivity index (χ0v) is 21.1. The summed E-state index contributed by atoms with van der Waals surface area (Å²) in [6.45, 7) is 0. The summed E-state index contributed by atoms with van der Waals surface area (Å²) < 4.78 is 39.6. The van der Waals surface area contributed by atoms with Gasteiger partial charge < -0.3 is 14.8 Å². The summed E-state index contributed by atoms with van der Waals surface area (Å²) in [5.41, 5.74) is 3.43. The molecular formula is C28H21ClN2O5S. The SMILES string of the molecule is COc1cc(-c2cccc3ccccc23)ccc1-c1nc2c(cc(S(=O)(=O)O)c3cccc(O)c32)[nH]1.Cl. The van der Waals surface area contributed by atoms with Gasteiger partial charge in [0.25, 0.3) is 10.1 Å². The number of methoxy groups -OCH3 is 1. The number of fused-ring (bicyclic) bond motifs is 4. The van der Waals surface area contributed by atoms with Crippen molar-refractivity contribution in [3.8, 4) is 34.0 Å². The minimum Gasteiger partial charge on any atom is -0.507 e. The second-order valence-corrected chi connectivity index (χ2v) is 9.86. The molecule has 9 heteroatoms. The lowest BCUT2D eigenvalue weighted by molar-refractivity contribution is 0.416. The first-order chi connectivity index (χ1) is 17.3. The number of phenols is 1. The molecular weight excluding hydrogens is 512 g/mol. The van der Waals surface area contributed by atoms with Gasteiger partial charge >= 0.3 is 0 Å². The van der Waals surface area contributed by atoms with Gasteiger partial charge in [-0.3, -0.25) is 4.55 Å². The zero-order valence-electron chi connectivity index (χ0n) is 19.5. The number of ether oxygens (including phenoxy) is 1. The molecule has 0 aliphatic rings. The summed E-state index contributed by atoms with van der Waals surface area (Å²) >= 11 is 0. The van der Waals surface area contributed by atoms with Crippen molar-refractivity contribution >= 4 is 55.1 Å². The van der Waals surface area contributed by atoms with Crippen LogP contribution in [0.3, 0.4) is 0 Å². The molecule has 0 radical (unpaired) electrons. The molecule has 0 aliphatic heterocycles. The zero-order chi connectivity index (χ0) is 25.0. The van der Waals surface area contributed by atoms with Crippen LogP contribution in [-0.2, 0) is 10.1 Å². The van der Waals surface area contributed by atoms with E-state index in [2.05, 4.69) is 34.2 Å². The van der Waals surface area contributed by atoms with Crippen molar-refractivity contribution < 1.29 is 22.8 Å². The van der Waals surface area contributed by atoms with Crippen molar-refractivity contribution in [2.75, 3.05) is 7.11 Å². The van der Waals surface area contributed by atoms with Crippen LogP contribution in [0.1, 0.15) is 0 Å². The Labute approximate surface area is 218 Å². The van der Waals surface area contributed by atoms with E-state index in [9.17, 15) is 18.1 Å². The second-order valence-electron chi connectivity index (χ2n) is 8.47. The van der Waals surface area contributed by atoms with E-state index in [1.54, 1.807) is 7.11 Å². The molecule has 37 heavy (non-hydrogen) atoms. The Morgan fingerprint density at radius 2 is 1.59 bits per heavy atom. The number of benzene rings is 5. The number of H-pyrrole nitrogens is 1. The molecule has 6 rings (SSSR count). The van der Waals surface area contributed by atoms with Crippen molar-refractivity contribution in [2.24, 2.45) is 0 Å². The standard InChI is InChI=1S/C28H20N2O5S.ClH/c1-35-24-14-17(19-9-4-7-16-6-2-3-8-18(16)19)12-13-20(24)28-29-22-15-25(36(32,33)34)21-10-5-11-23(31)26(21)27(22)30-28;/h2-15,31H,1H3,(H,29,30)(H,32,33,34);1H. The molecule has 6 aromatic rings. The van der Waals surface area contributed by atoms with Gasteiger partial charge in [0, 0.05) is 5.39 Å². The fourth-order valence-corrected chi connectivity index (χ4v) is 5.47. The van der Waals surface area contributed by atoms with Crippen molar-refractivity contribution in [3.63, 3.8) is 0 Å². The number of aromatic nitrogens is 2. The second kappa shape index (κ2) is 9.08. The van der Waals surface area contributed by atoms with E-state index in [-0.39, 0.29) is 33.8 Å². The lowest BCUT2D eigenvalue weighted by Crippen LogP contribution is -1.99. The molecule has 5 aromatic carbocycles. The molecule has 186 valence electrons. The van der Waals surface area contributed by atoms with Gasteiger partial charge in [0.1, 0.15) is 27.7 Å². The number of imidazole rings is 1. The van der Waals surface area contributed by atoms with E-state index in [4.69, 9.17) is 4.74 Å². The minimum atomic E-state index is -4.54. The Balaban J connectivity index is 0.00000280. The Kier molecular flexibility index (Phi) is 6.03. The van der Waals surface area contributed by atoms with E-state index in [0.717, 1.165) is 21.9 Å². The van der Waals surface area contributed by atoms with Crippen LogP contribution in [0.5, 0.6) is 11.5 Å². The van der Waals surface area contributed by atoms with E-state index in [0.29, 0.717) is 28.2 Å². The van der Waals surface area contributed by atoms with E-state index in [1.807, 2.05) is 36.4 Å². The number of aromatic amines is 1. The number of nitrogens with zero attached hydrogens (tertiary/aromatic N) is 1. The van der Waals surface area contributed by atoms with Gasteiger partial charge in [0.05, 0.1) is 23.6 Å². The molecule has 0 spiro atoms. The fourth-order valence-electron chi connectivity index (χ4n) is 4.76. The third-order valence-corrected chi connectivity index (χ3v) is 7.28. The molecule has 0 fully saturated rings. The molecule has 0 unspecified atom stereocenters. The summed E-state index contributed by atoms with van der Waals surface area (Å²) in [5.74, 6) is 0.866. The highest BCUT2D eigenvalue weighted by molar-refractivity contribution is 7.86. The molecule has 0 aliphatic carbocycles. The monoisotopic (exact) mass is 532 g/mol. The average molecular weight is 533 g/mol. The van der Waals surface area contributed by atoms with Crippen molar-refractivity contribution in [1.29, 1.82) is 0 Å². The largest absolute Gasteiger partial charge is 0.507 e. The van der Waals surface area contributed by atoms with Gasteiger partial charge in [-0.1, -0.05) is 60.7 Å². The number of aromatic hydroxyl groups is 1. The molecule has 3 N–H and O–H groups in total. The van der Waals surface area contributed by atoms with Crippen molar-refractivity contribution in [3.05, 3.63) is 84.9 Å². The van der Waals surface area contributed by atoms with Crippen LogP contribution >= 0.6 is 12.4 Å². The third-order valence-electron chi connectivity index (χ3n) is 6.39. The Bertz CT molecular complexity index is 1930. The highest BCUT2D eigenvalue weighted by atomic mass is 35.5. The summed E-state index contributed by atoms with van der Waals surface area (Å²) in [5, 5.41) is 13.2.